The number of nitrogens with one attached hydrogen (secondary N) is 1. The Bertz CT molecular complexity index is 954. The lowest BCUT2D eigenvalue weighted by Gasteiger charge is -2.15. The van der Waals surface area contributed by atoms with Gasteiger partial charge in [-0.2, -0.15) is 0 Å². The molecule has 1 aliphatic heterocycles. The predicted octanol–water partition coefficient (Wildman–Crippen LogP) is 1.13. The van der Waals surface area contributed by atoms with Gasteiger partial charge in [0.05, 0.1) is 27.6 Å². The number of benzene rings is 1. The molecule has 2 heterocycles. The number of carbonyl (C=O) groups excluding carboxylic acids is 2. The third-order valence-corrected chi connectivity index (χ3v) is 6.21. The summed E-state index contributed by atoms with van der Waals surface area (Å²) >= 11 is 1.20. The van der Waals surface area contributed by atoms with Gasteiger partial charge in [-0.05, 0) is 18.2 Å². The average Bonchev–Trinajstić information content (AvgIpc) is 3.14. The fourth-order valence-corrected chi connectivity index (χ4v) is 4.39. The molecule has 1 aliphatic rings. The van der Waals surface area contributed by atoms with Crippen LogP contribution in [0.2, 0.25) is 0 Å². The van der Waals surface area contributed by atoms with Crippen LogP contribution in [0.1, 0.15) is 6.42 Å². The van der Waals surface area contributed by atoms with Crippen molar-refractivity contribution in [2.24, 2.45) is 5.92 Å². The number of likely N-dealkylation sites (tertiary alicyclic amines) is 1. The molecule has 0 radical (unpaired) electrons. The van der Waals surface area contributed by atoms with Gasteiger partial charge in [-0.1, -0.05) is 11.3 Å². The van der Waals surface area contributed by atoms with Crippen molar-refractivity contribution in [2.75, 3.05) is 38.4 Å². The molecule has 0 spiro atoms. The van der Waals surface area contributed by atoms with Crippen LogP contribution in [0.25, 0.3) is 10.2 Å². The first-order chi connectivity index (χ1) is 12.3. The minimum absolute atomic E-state index is 0.0655. The lowest BCUT2D eigenvalue weighted by Crippen LogP contribution is -2.30. The van der Waals surface area contributed by atoms with Crippen LogP contribution in [0.3, 0.4) is 0 Å². The molecular weight excluding hydrogens is 378 g/mol. The predicted molar refractivity (Wildman–Crippen MR) is 97.9 cm³/mol. The zero-order chi connectivity index (χ0) is 18.9. The first kappa shape index (κ1) is 18.7. The Balaban J connectivity index is 1.71. The minimum Gasteiger partial charge on any atom is -0.383 e. The lowest BCUT2D eigenvalue weighted by molar-refractivity contribution is -0.128. The molecule has 2 amide bonds. The van der Waals surface area contributed by atoms with Crippen molar-refractivity contribution in [3.05, 3.63) is 18.2 Å². The van der Waals surface area contributed by atoms with Crippen molar-refractivity contribution in [2.45, 2.75) is 11.3 Å². The molecule has 1 atom stereocenters. The number of amides is 2. The second kappa shape index (κ2) is 7.29. The maximum Gasteiger partial charge on any atom is 0.231 e. The zero-order valence-corrected chi connectivity index (χ0v) is 16.0. The molecule has 1 aromatic heterocycles. The van der Waals surface area contributed by atoms with Gasteiger partial charge in [0.15, 0.2) is 15.0 Å². The summed E-state index contributed by atoms with van der Waals surface area (Å²) in [6.45, 7) is 1.26. The summed E-state index contributed by atoms with van der Waals surface area (Å²) in [5.41, 5.74) is 0.613. The van der Waals surface area contributed by atoms with Gasteiger partial charge in [-0.25, -0.2) is 13.4 Å². The van der Waals surface area contributed by atoms with Crippen LogP contribution < -0.4 is 5.32 Å². The summed E-state index contributed by atoms with van der Waals surface area (Å²) in [5.74, 6) is -0.761. The first-order valence-electron chi connectivity index (χ1n) is 7.96. The van der Waals surface area contributed by atoms with Gasteiger partial charge in [0, 0.05) is 32.9 Å². The van der Waals surface area contributed by atoms with Gasteiger partial charge in [-0.3, -0.25) is 9.59 Å². The van der Waals surface area contributed by atoms with E-state index in [0.29, 0.717) is 35.0 Å². The van der Waals surface area contributed by atoms with Crippen LogP contribution in [-0.2, 0) is 24.2 Å². The number of carbonyl (C=O) groups is 2. The van der Waals surface area contributed by atoms with Crippen LogP contribution >= 0.6 is 11.3 Å². The molecule has 1 unspecified atom stereocenters. The van der Waals surface area contributed by atoms with Gasteiger partial charge >= 0.3 is 0 Å². The first-order valence-corrected chi connectivity index (χ1v) is 10.7. The van der Waals surface area contributed by atoms with Crippen LogP contribution in [0.5, 0.6) is 0 Å². The summed E-state index contributed by atoms with van der Waals surface area (Å²) in [6.07, 6.45) is 1.31. The number of sulfone groups is 1. The Hall–Kier alpha value is -2.04. The van der Waals surface area contributed by atoms with Gasteiger partial charge < -0.3 is 15.0 Å². The van der Waals surface area contributed by atoms with Crippen LogP contribution in [0.15, 0.2) is 23.1 Å². The molecule has 26 heavy (non-hydrogen) atoms. The Morgan fingerprint density at radius 1 is 1.46 bits per heavy atom. The second-order valence-corrected chi connectivity index (χ2v) is 9.19. The number of nitrogens with zero attached hydrogens (tertiary/aromatic N) is 2. The largest absolute Gasteiger partial charge is 0.383 e. The quantitative estimate of drug-likeness (QED) is 0.783. The van der Waals surface area contributed by atoms with E-state index >= 15 is 0 Å². The van der Waals surface area contributed by atoms with E-state index in [9.17, 15) is 18.0 Å². The van der Waals surface area contributed by atoms with Crippen LogP contribution in [0.4, 0.5) is 5.13 Å². The third-order valence-electron chi connectivity index (χ3n) is 4.17. The molecule has 2 aromatic rings. The molecular formula is C16H19N3O5S2. The Kier molecular flexibility index (Phi) is 5.26. The number of fused-ring (bicyclic) bond motifs is 1. The third kappa shape index (κ3) is 4.02. The number of aromatic nitrogens is 1. The minimum atomic E-state index is -3.30. The molecule has 3 rings (SSSR count). The molecule has 1 fully saturated rings. The maximum atomic E-state index is 12.4. The number of methoxy groups -OCH3 is 1. The topological polar surface area (TPSA) is 106 Å². The normalized spacial score (nSPS) is 17.8. The van der Waals surface area contributed by atoms with Crippen molar-refractivity contribution in [3.8, 4) is 0 Å². The Labute approximate surface area is 155 Å². The molecule has 1 N–H and O–H groups in total. The SMILES string of the molecule is COCCN1CC(C(=O)Nc2nc3ccc(S(C)(=O)=O)cc3s2)CC1=O. The average molecular weight is 397 g/mol. The van der Waals surface area contributed by atoms with E-state index in [4.69, 9.17) is 4.74 Å². The van der Waals surface area contributed by atoms with Crippen LogP contribution in [0, 0.1) is 5.92 Å². The van der Waals surface area contributed by atoms with E-state index in [2.05, 4.69) is 10.3 Å². The summed E-state index contributed by atoms with van der Waals surface area (Å²) in [5, 5.41) is 3.13. The second-order valence-electron chi connectivity index (χ2n) is 6.14. The number of ether oxygens (including phenoxy) is 1. The number of rotatable bonds is 6. The van der Waals surface area contributed by atoms with E-state index < -0.39 is 15.8 Å². The van der Waals surface area contributed by atoms with Crippen molar-refractivity contribution in [3.63, 3.8) is 0 Å². The number of anilines is 1. The molecule has 1 saturated heterocycles. The van der Waals surface area contributed by atoms with Crippen molar-refractivity contribution < 1.29 is 22.7 Å². The molecule has 0 saturated carbocycles. The van der Waals surface area contributed by atoms with E-state index in [1.165, 1.54) is 17.4 Å². The monoisotopic (exact) mass is 397 g/mol. The van der Waals surface area contributed by atoms with Crippen molar-refractivity contribution >= 4 is 48.3 Å². The van der Waals surface area contributed by atoms with Gasteiger partial charge in [0.1, 0.15) is 0 Å². The molecule has 8 nitrogen and oxygen atoms in total. The highest BCUT2D eigenvalue weighted by Gasteiger charge is 2.34. The van der Waals surface area contributed by atoms with Crippen molar-refractivity contribution in [1.29, 1.82) is 0 Å². The highest BCUT2D eigenvalue weighted by molar-refractivity contribution is 7.90. The van der Waals surface area contributed by atoms with Gasteiger partial charge in [0.2, 0.25) is 11.8 Å². The molecule has 140 valence electrons. The van der Waals surface area contributed by atoms with E-state index in [-0.39, 0.29) is 23.1 Å². The Morgan fingerprint density at radius 3 is 2.92 bits per heavy atom. The van der Waals surface area contributed by atoms with E-state index in [1.54, 1.807) is 24.1 Å². The zero-order valence-electron chi connectivity index (χ0n) is 14.4. The molecule has 10 heteroatoms. The number of hydrogen-bond donors (Lipinski definition) is 1. The van der Waals surface area contributed by atoms with Crippen LogP contribution in [-0.4, -0.2) is 63.2 Å². The molecule has 0 bridgehead atoms. The Morgan fingerprint density at radius 2 is 2.23 bits per heavy atom. The highest BCUT2D eigenvalue weighted by atomic mass is 32.2. The smallest absolute Gasteiger partial charge is 0.231 e. The summed E-state index contributed by atoms with van der Waals surface area (Å²) < 4.78 is 28.9. The van der Waals surface area contributed by atoms with Crippen molar-refractivity contribution in [1.82, 2.24) is 9.88 Å². The fourth-order valence-electron chi connectivity index (χ4n) is 2.76. The number of hydrogen-bond acceptors (Lipinski definition) is 7. The van der Waals surface area contributed by atoms with Gasteiger partial charge in [-0.15, -0.1) is 0 Å². The van der Waals surface area contributed by atoms with Gasteiger partial charge in [0.25, 0.3) is 0 Å². The lowest BCUT2D eigenvalue weighted by atomic mass is 10.1. The van der Waals surface area contributed by atoms with E-state index in [0.717, 1.165) is 6.26 Å². The fraction of sp³-hybridized carbons (Fsp3) is 0.438. The van der Waals surface area contributed by atoms with E-state index in [1.807, 2.05) is 0 Å². The standard InChI is InChI=1S/C16H19N3O5S2/c1-24-6-5-19-9-10(7-14(19)20)15(21)18-16-17-12-4-3-11(26(2,22)23)8-13(12)25-16/h3-4,8,10H,5-7,9H2,1-2H3,(H,17,18,21). The summed E-state index contributed by atoms with van der Waals surface area (Å²) in [6, 6.07) is 4.65. The molecule has 1 aromatic carbocycles. The molecule has 0 aliphatic carbocycles. The summed E-state index contributed by atoms with van der Waals surface area (Å²) in [4.78, 5) is 30.5. The maximum absolute atomic E-state index is 12.4. The number of thiazole rings is 1. The summed E-state index contributed by atoms with van der Waals surface area (Å²) in [7, 11) is -1.74. The highest BCUT2D eigenvalue weighted by Crippen LogP contribution is 2.29.